The first kappa shape index (κ1) is 17.2. The molecule has 0 saturated heterocycles. The normalized spacial score (nSPS) is 11.9. The number of thioether (sulfide) groups is 1. The lowest BCUT2D eigenvalue weighted by molar-refractivity contribution is 0.515. The zero-order valence-electron chi connectivity index (χ0n) is 9.18. The topological polar surface area (TPSA) is 17.8 Å². The van der Waals surface area contributed by atoms with E-state index in [1.54, 1.807) is 16.7 Å². The van der Waals surface area contributed by atoms with Crippen LogP contribution in [0.1, 0.15) is 0 Å². The van der Waals surface area contributed by atoms with Crippen LogP contribution in [0.15, 0.2) is 32.6 Å². The van der Waals surface area contributed by atoms with Gasteiger partial charge in [0.05, 0.1) is 10.7 Å². The smallest absolute Gasteiger partial charge is 0.290 e. The Bertz CT molecular complexity index is 636. The number of hydrogen-bond acceptors (Lipinski definition) is 2. The number of nitrogens with zero attached hydrogens (tertiary/aromatic N) is 2. The fourth-order valence-electron chi connectivity index (χ4n) is 1.42. The number of halogens is 7. The Kier molecular flexibility index (Phi) is 5.61. The third-order valence-electron chi connectivity index (χ3n) is 2.11. The van der Waals surface area contributed by atoms with Crippen LogP contribution in [0.2, 0.25) is 10.0 Å². The summed E-state index contributed by atoms with van der Waals surface area (Å²) < 4.78 is 13.5. The largest absolute Gasteiger partial charge is 0.310 e. The van der Waals surface area contributed by atoms with Gasteiger partial charge in [-0.2, -0.15) is 4.39 Å². The molecule has 108 valence electrons. The van der Waals surface area contributed by atoms with Crippen molar-refractivity contribution in [2.45, 2.75) is 8.95 Å². The molecule has 0 aliphatic carbocycles. The monoisotopic (exact) mass is 500 g/mol. The number of rotatable bonds is 3. The minimum Gasteiger partial charge on any atom is -0.290 e. The van der Waals surface area contributed by atoms with E-state index in [0.29, 0.717) is 36.6 Å². The van der Waals surface area contributed by atoms with E-state index in [4.69, 9.17) is 46.4 Å². The number of aromatic nitrogens is 2. The molecule has 1 aromatic carbocycles. The maximum absolute atomic E-state index is 13.2. The molecule has 0 aliphatic rings. The van der Waals surface area contributed by atoms with Gasteiger partial charge < -0.3 is 0 Å². The Morgan fingerprint density at radius 3 is 2.45 bits per heavy atom. The average Bonchev–Trinajstić information content (AvgIpc) is 2.58. The van der Waals surface area contributed by atoms with Crippen molar-refractivity contribution in [2.24, 2.45) is 0 Å². The van der Waals surface area contributed by atoms with Gasteiger partial charge in [0.15, 0.2) is 0 Å². The van der Waals surface area contributed by atoms with Crippen molar-refractivity contribution in [1.29, 1.82) is 0 Å². The van der Waals surface area contributed by atoms with Crippen LogP contribution < -0.4 is 0 Å². The summed E-state index contributed by atoms with van der Waals surface area (Å²) in [6.45, 7) is 0. The molecule has 1 heterocycles. The maximum Gasteiger partial charge on any atom is 0.310 e. The number of alkyl halides is 3. The van der Waals surface area contributed by atoms with Crippen molar-refractivity contribution in [3.05, 3.63) is 37.6 Å². The predicted molar refractivity (Wildman–Crippen MR) is 90.4 cm³/mol. The maximum atomic E-state index is 13.2. The van der Waals surface area contributed by atoms with E-state index in [2.05, 4.69) is 36.8 Å². The van der Waals surface area contributed by atoms with Crippen molar-refractivity contribution >= 4 is 90.0 Å². The summed E-state index contributed by atoms with van der Waals surface area (Å²) in [5.41, 5.74) is 0.607. The highest BCUT2D eigenvalue weighted by atomic mass is 79.9. The number of benzene rings is 1. The van der Waals surface area contributed by atoms with Gasteiger partial charge in [-0.3, -0.25) is 4.57 Å². The van der Waals surface area contributed by atoms with Crippen LogP contribution in [0.25, 0.3) is 5.69 Å². The zero-order valence-corrected chi connectivity index (χ0v) is 16.2. The molecular weight excluding hydrogens is 501 g/mol. The minimum atomic E-state index is -2.47. The third kappa shape index (κ3) is 3.97. The molecule has 1 aromatic heterocycles. The van der Waals surface area contributed by atoms with Gasteiger partial charge in [0.25, 0.3) is 0 Å². The molecule has 0 unspecified atom stereocenters. The first-order chi connectivity index (χ1) is 9.19. The summed E-state index contributed by atoms with van der Waals surface area (Å²) in [5.74, 6) is 0. The van der Waals surface area contributed by atoms with Gasteiger partial charge in [0.1, 0.15) is 16.0 Å². The van der Waals surface area contributed by atoms with E-state index in [-0.39, 0.29) is 5.03 Å². The van der Waals surface area contributed by atoms with Crippen LogP contribution in [-0.4, -0.2) is 13.5 Å². The molecule has 0 atom stereocenters. The molecule has 0 amide bonds. The van der Waals surface area contributed by atoms with Crippen LogP contribution >= 0.6 is 90.0 Å². The van der Waals surface area contributed by atoms with Gasteiger partial charge in [-0.15, -0.1) is 0 Å². The first-order valence-corrected chi connectivity index (χ1v) is 8.74. The van der Waals surface area contributed by atoms with E-state index >= 15 is 0 Å². The number of hydrogen-bond donors (Lipinski definition) is 0. The van der Waals surface area contributed by atoms with Crippen LogP contribution in [0.3, 0.4) is 0 Å². The van der Waals surface area contributed by atoms with Gasteiger partial charge in [-0.05, 0) is 55.8 Å². The second-order valence-electron chi connectivity index (χ2n) is 3.48. The lowest BCUT2D eigenvalue weighted by Gasteiger charge is -2.11. The molecule has 10 heteroatoms. The number of imidazole rings is 1. The Labute approximate surface area is 155 Å². The summed E-state index contributed by atoms with van der Waals surface area (Å²) in [6, 6.07) is 3.27. The summed E-state index contributed by atoms with van der Waals surface area (Å²) in [5, 5.41) is 1.18. The van der Waals surface area contributed by atoms with E-state index < -0.39 is 3.92 Å². The summed E-state index contributed by atoms with van der Waals surface area (Å²) in [7, 11) is 0. The third-order valence-corrected chi connectivity index (χ3v) is 5.43. The van der Waals surface area contributed by atoms with Crippen molar-refractivity contribution < 1.29 is 4.39 Å². The Morgan fingerprint density at radius 2 is 1.90 bits per heavy atom. The molecule has 0 radical (unpaired) electrons. The molecule has 0 N–H and O–H groups in total. The lowest BCUT2D eigenvalue weighted by Crippen LogP contribution is -1.98. The lowest BCUT2D eigenvalue weighted by atomic mass is 10.3. The van der Waals surface area contributed by atoms with Gasteiger partial charge in [0, 0.05) is 9.50 Å². The molecule has 0 bridgehead atoms. The minimum absolute atomic E-state index is 0.287. The average molecular weight is 504 g/mol. The highest BCUT2D eigenvalue weighted by Crippen LogP contribution is 2.44. The summed E-state index contributed by atoms with van der Waals surface area (Å²) in [6.07, 6.45) is 1.46. The van der Waals surface area contributed by atoms with Crippen LogP contribution in [0.4, 0.5) is 4.39 Å². The second kappa shape index (κ2) is 6.52. The Balaban J connectivity index is 2.50. The van der Waals surface area contributed by atoms with E-state index in [9.17, 15) is 4.39 Å². The van der Waals surface area contributed by atoms with Crippen molar-refractivity contribution in [1.82, 2.24) is 9.55 Å². The molecule has 0 aliphatic heterocycles. The predicted octanol–water partition coefficient (Wildman–Crippen LogP) is 6.85. The standard InChI is InChI=1S/C10H3Br2Cl4FN2S/c11-5-1-4(13)2-6(14)7(5)19-3-18-9(8(19)12)20-10(15,16)17/h1-3H. The molecule has 0 spiro atoms. The molecule has 2 nitrogen and oxygen atoms in total. The quantitative estimate of drug-likeness (QED) is 0.336. The summed E-state index contributed by atoms with van der Waals surface area (Å²) >= 11 is 29.9. The molecule has 0 fully saturated rings. The van der Waals surface area contributed by atoms with Crippen LogP contribution in [0, 0.1) is 0 Å². The second-order valence-corrected chi connectivity index (χ2v) is 8.76. The summed E-state index contributed by atoms with van der Waals surface area (Å²) in [4.78, 5) is 4.04. The Hall–Kier alpha value is 0.830. The Morgan fingerprint density at radius 1 is 1.25 bits per heavy atom. The van der Waals surface area contributed by atoms with E-state index in [1.807, 2.05) is 0 Å². The van der Waals surface area contributed by atoms with Crippen molar-refractivity contribution in [3.63, 3.8) is 0 Å². The molecule has 20 heavy (non-hydrogen) atoms. The highest BCUT2D eigenvalue weighted by molar-refractivity contribution is 9.11. The molecule has 0 saturated carbocycles. The fraction of sp³-hybridized carbons (Fsp3) is 0.100. The van der Waals surface area contributed by atoms with Gasteiger partial charge in [0.2, 0.25) is 0 Å². The molecule has 2 aromatic rings. The molecular formula is C10H3Br2Cl4FN2S. The van der Waals surface area contributed by atoms with E-state index in [1.165, 1.54) is 6.33 Å². The van der Waals surface area contributed by atoms with Gasteiger partial charge in [-0.25, -0.2) is 4.98 Å². The molecule has 2 rings (SSSR count). The van der Waals surface area contributed by atoms with Crippen LogP contribution in [0.5, 0.6) is 0 Å². The SMILES string of the molecule is FC(Cl)(Cl)Sc1ncn(-c2c(Cl)cc(Cl)cc2Br)c1Br. The zero-order chi connectivity index (χ0) is 15.1. The fourth-order valence-corrected chi connectivity index (χ4v) is 4.45. The van der Waals surface area contributed by atoms with Crippen molar-refractivity contribution in [3.8, 4) is 5.69 Å². The first-order valence-electron chi connectivity index (χ1n) is 4.82. The van der Waals surface area contributed by atoms with Crippen LogP contribution in [-0.2, 0) is 0 Å². The van der Waals surface area contributed by atoms with Crippen molar-refractivity contribution in [2.75, 3.05) is 0 Å². The van der Waals surface area contributed by atoms with Gasteiger partial charge >= 0.3 is 3.92 Å². The van der Waals surface area contributed by atoms with E-state index in [0.717, 1.165) is 0 Å². The highest BCUT2D eigenvalue weighted by Gasteiger charge is 2.28. The van der Waals surface area contributed by atoms with Gasteiger partial charge in [-0.1, -0.05) is 46.4 Å².